The molecule has 1 spiro atoms. The third kappa shape index (κ3) is 2.34. The molecule has 0 radical (unpaired) electrons. The summed E-state index contributed by atoms with van der Waals surface area (Å²) in [6.45, 7) is 2.86. The zero-order chi connectivity index (χ0) is 14.4. The maximum absolute atomic E-state index is 12.7. The Morgan fingerprint density at radius 2 is 1.95 bits per heavy atom. The summed E-state index contributed by atoms with van der Waals surface area (Å²) in [5, 5.41) is 3.48. The number of benzene rings is 1. The van der Waals surface area contributed by atoms with Gasteiger partial charge in [0.25, 0.3) is 0 Å². The smallest absolute Gasteiger partial charge is 0.312 e. The molecular formula is C16H20F3N. The third-order valence-electron chi connectivity index (χ3n) is 5.13. The fourth-order valence-corrected chi connectivity index (χ4v) is 3.75. The number of hydrogen-bond donors (Lipinski definition) is 1. The predicted molar refractivity (Wildman–Crippen MR) is 72.6 cm³/mol. The lowest BCUT2D eigenvalue weighted by molar-refractivity contribution is -0.137. The molecule has 0 aromatic heterocycles. The molecule has 3 rings (SSSR count). The third-order valence-corrected chi connectivity index (χ3v) is 5.13. The van der Waals surface area contributed by atoms with E-state index < -0.39 is 11.7 Å². The lowest BCUT2D eigenvalue weighted by atomic mass is 9.69. The summed E-state index contributed by atoms with van der Waals surface area (Å²) in [4.78, 5) is 0. The van der Waals surface area contributed by atoms with Crippen molar-refractivity contribution in [3.8, 4) is 0 Å². The quantitative estimate of drug-likeness (QED) is 0.862. The van der Waals surface area contributed by atoms with Crippen LogP contribution in [-0.4, -0.2) is 12.6 Å². The molecule has 1 aliphatic heterocycles. The normalized spacial score (nSPS) is 24.9. The highest BCUT2D eigenvalue weighted by atomic mass is 19.4. The molecule has 1 atom stereocenters. The number of hydrogen-bond acceptors (Lipinski definition) is 1. The van der Waals surface area contributed by atoms with E-state index >= 15 is 0 Å². The summed E-state index contributed by atoms with van der Waals surface area (Å²) in [6.07, 6.45) is 1.73. The molecule has 4 heteroatoms. The minimum absolute atomic E-state index is 0.426. The van der Waals surface area contributed by atoms with Crippen LogP contribution in [0.1, 0.15) is 42.4 Å². The molecule has 0 amide bonds. The second kappa shape index (κ2) is 4.76. The molecule has 1 saturated carbocycles. The van der Waals surface area contributed by atoms with Gasteiger partial charge in [0.15, 0.2) is 0 Å². The molecule has 2 fully saturated rings. The highest BCUT2D eigenvalue weighted by molar-refractivity contribution is 5.34. The molecular weight excluding hydrogens is 263 g/mol. The van der Waals surface area contributed by atoms with Gasteiger partial charge in [-0.3, -0.25) is 0 Å². The Hall–Kier alpha value is -1.03. The number of rotatable bonds is 2. The van der Waals surface area contributed by atoms with Gasteiger partial charge in [-0.25, -0.2) is 0 Å². The molecule has 20 heavy (non-hydrogen) atoms. The van der Waals surface area contributed by atoms with Crippen LogP contribution in [0.2, 0.25) is 0 Å². The molecule has 1 N–H and O–H groups in total. The van der Waals surface area contributed by atoms with Gasteiger partial charge in [-0.2, -0.15) is 13.2 Å². The average Bonchev–Trinajstić information content (AvgIpc) is 2.86. The summed E-state index contributed by atoms with van der Waals surface area (Å²) < 4.78 is 38.0. The van der Waals surface area contributed by atoms with E-state index in [1.54, 1.807) is 13.0 Å². The molecule has 0 bridgehead atoms. The monoisotopic (exact) mass is 283 g/mol. The Kier molecular flexibility index (Phi) is 3.32. The van der Waals surface area contributed by atoms with Crippen molar-refractivity contribution in [1.82, 2.24) is 5.32 Å². The second-order valence-electron chi connectivity index (χ2n) is 6.35. The standard InChI is InChI=1S/C16H20F3N/c1-11-8-13(16(17,18)19)5-4-12(11)9-14-15(10-20-14)6-2-3-7-15/h4-5,8,14,20H,2-3,6-7,9-10H2,1H3. The van der Waals surface area contributed by atoms with Crippen LogP contribution in [0, 0.1) is 12.3 Å². The van der Waals surface area contributed by atoms with Gasteiger partial charge in [0.2, 0.25) is 0 Å². The van der Waals surface area contributed by atoms with E-state index in [0.717, 1.165) is 24.1 Å². The van der Waals surface area contributed by atoms with E-state index in [0.29, 0.717) is 11.5 Å². The van der Waals surface area contributed by atoms with Crippen molar-refractivity contribution in [2.75, 3.05) is 6.54 Å². The SMILES string of the molecule is Cc1cc(C(F)(F)F)ccc1CC1NCC12CCCC2. The van der Waals surface area contributed by atoms with E-state index in [2.05, 4.69) is 5.32 Å². The van der Waals surface area contributed by atoms with Crippen molar-refractivity contribution in [2.45, 2.75) is 51.2 Å². The van der Waals surface area contributed by atoms with Gasteiger partial charge < -0.3 is 5.32 Å². The van der Waals surface area contributed by atoms with Crippen LogP contribution in [0.5, 0.6) is 0 Å². The summed E-state index contributed by atoms with van der Waals surface area (Å²) in [5.41, 5.74) is 1.67. The molecule has 110 valence electrons. The van der Waals surface area contributed by atoms with Crippen molar-refractivity contribution in [2.24, 2.45) is 5.41 Å². The van der Waals surface area contributed by atoms with Crippen LogP contribution in [-0.2, 0) is 12.6 Å². The van der Waals surface area contributed by atoms with Gasteiger partial charge in [-0.15, -0.1) is 0 Å². The Morgan fingerprint density at radius 3 is 2.45 bits per heavy atom. The van der Waals surface area contributed by atoms with E-state index in [1.807, 2.05) is 0 Å². The van der Waals surface area contributed by atoms with Gasteiger partial charge in [0.05, 0.1) is 5.56 Å². The van der Waals surface area contributed by atoms with Crippen LogP contribution in [0.25, 0.3) is 0 Å². The molecule has 1 unspecified atom stereocenters. The van der Waals surface area contributed by atoms with Crippen molar-refractivity contribution in [1.29, 1.82) is 0 Å². The molecule has 1 aliphatic carbocycles. The van der Waals surface area contributed by atoms with Crippen molar-refractivity contribution >= 4 is 0 Å². The van der Waals surface area contributed by atoms with Crippen molar-refractivity contribution in [3.63, 3.8) is 0 Å². The fraction of sp³-hybridized carbons (Fsp3) is 0.625. The van der Waals surface area contributed by atoms with Gasteiger partial charge >= 0.3 is 6.18 Å². The van der Waals surface area contributed by atoms with Gasteiger partial charge in [0, 0.05) is 12.6 Å². The zero-order valence-corrected chi connectivity index (χ0v) is 11.7. The minimum atomic E-state index is -4.25. The predicted octanol–water partition coefficient (Wildman–Crippen LogP) is 4.09. The first kappa shape index (κ1) is 13.9. The maximum atomic E-state index is 12.7. The van der Waals surface area contributed by atoms with Crippen LogP contribution in [0.4, 0.5) is 13.2 Å². The molecule has 1 aromatic rings. The van der Waals surface area contributed by atoms with E-state index in [9.17, 15) is 13.2 Å². The first-order valence-electron chi connectivity index (χ1n) is 7.31. The van der Waals surface area contributed by atoms with E-state index in [1.165, 1.54) is 37.8 Å². The van der Waals surface area contributed by atoms with Crippen LogP contribution < -0.4 is 5.32 Å². The Labute approximate surface area is 117 Å². The Balaban J connectivity index is 1.75. The zero-order valence-electron chi connectivity index (χ0n) is 11.7. The van der Waals surface area contributed by atoms with Gasteiger partial charge in [-0.1, -0.05) is 18.9 Å². The minimum Gasteiger partial charge on any atom is -0.312 e. The second-order valence-corrected chi connectivity index (χ2v) is 6.35. The van der Waals surface area contributed by atoms with E-state index in [4.69, 9.17) is 0 Å². The van der Waals surface area contributed by atoms with Crippen LogP contribution in [0.3, 0.4) is 0 Å². The molecule has 1 nitrogen and oxygen atoms in total. The highest BCUT2D eigenvalue weighted by Gasteiger charge is 2.47. The number of nitrogens with one attached hydrogen (secondary N) is 1. The lowest BCUT2D eigenvalue weighted by Crippen LogP contribution is -2.62. The van der Waals surface area contributed by atoms with E-state index in [-0.39, 0.29) is 0 Å². The largest absolute Gasteiger partial charge is 0.416 e. The lowest BCUT2D eigenvalue weighted by Gasteiger charge is -2.49. The first-order valence-corrected chi connectivity index (χ1v) is 7.31. The highest BCUT2D eigenvalue weighted by Crippen LogP contribution is 2.46. The van der Waals surface area contributed by atoms with Crippen molar-refractivity contribution < 1.29 is 13.2 Å². The van der Waals surface area contributed by atoms with Gasteiger partial charge in [-0.05, 0) is 54.9 Å². The maximum Gasteiger partial charge on any atom is 0.416 e. The first-order chi connectivity index (χ1) is 9.41. The fourth-order valence-electron chi connectivity index (χ4n) is 3.75. The summed E-state index contributed by atoms with van der Waals surface area (Å²) in [5.74, 6) is 0. The summed E-state index contributed by atoms with van der Waals surface area (Å²) in [6, 6.07) is 4.58. The number of halogens is 3. The van der Waals surface area contributed by atoms with Crippen LogP contribution in [0.15, 0.2) is 18.2 Å². The molecule has 2 aliphatic rings. The van der Waals surface area contributed by atoms with Crippen molar-refractivity contribution in [3.05, 3.63) is 34.9 Å². The Morgan fingerprint density at radius 1 is 1.25 bits per heavy atom. The van der Waals surface area contributed by atoms with Crippen LogP contribution >= 0.6 is 0 Å². The summed E-state index contributed by atoms with van der Waals surface area (Å²) in [7, 11) is 0. The number of alkyl halides is 3. The molecule has 1 aromatic carbocycles. The average molecular weight is 283 g/mol. The number of aryl methyl sites for hydroxylation is 1. The van der Waals surface area contributed by atoms with Gasteiger partial charge in [0.1, 0.15) is 0 Å². The Bertz CT molecular complexity index is 501. The summed E-state index contributed by atoms with van der Waals surface area (Å²) >= 11 is 0. The molecule has 1 saturated heterocycles. The molecule has 1 heterocycles. The topological polar surface area (TPSA) is 12.0 Å².